The van der Waals surface area contributed by atoms with Crippen LogP contribution >= 0.6 is 11.5 Å². The summed E-state index contributed by atoms with van der Waals surface area (Å²) in [6.07, 6.45) is 1.84. The molecular weight excluding hydrogens is 230 g/mol. The van der Waals surface area contributed by atoms with Crippen LogP contribution in [0.3, 0.4) is 0 Å². The number of rotatable bonds is 4. The van der Waals surface area contributed by atoms with Crippen LogP contribution in [-0.4, -0.2) is 16.1 Å². The minimum Gasteiger partial charge on any atom is -0.306 e. The summed E-state index contributed by atoms with van der Waals surface area (Å²) in [7, 11) is 0. The van der Waals surface area contributed by atoms with Gasteiger partial charge < -0.3 is 5.32 Å². The van der Waals surface area contributed by atoms with Gasteiger partial charge in [-0.05, 0) is 37.5 Å². The third-order valence-corrected chi connectivity index (χ3v) is 3.38. The van der Waals surface area contributed by atoms with Crippen molar-refractivity contribution in [3.8, 4) is 0 Å². The summed E-state index contributed by atoms with van der Waals surface area (Å²) in [5.41, 5.74) is 3.87. The van der Waals surface area contributed by atoms with Crippen LogP contribution in [0.2, 0.25) is 0 Å². The summed E-state index contributed by atoms with van der Waals surface area (Å²) < 4.78 is 3.95. The second kappa shape index (κ2) is 5.38. The third-order valence-electron chi connectivity index (χ3n) is 2.65. The Morgan fingerprint density at radius 1 is 1.24 bits per heavy atom. The van der Waals surface area contributed by atoms with Gasteiger partial charge in [-0.2, -0.15) is 0 Å². The molecule has 0 aliphatic carbocycles. The minimum absolute atomic E-state index is 0.207. The average molecular weight is 247 g/mol. The second-order valence-corrected chi connectivity index (χ2v) is 5.05. The van der Waals surface area contributed by atoms with Gasteiger partial charge in [0.15, 0.2) is 0 Å². The predicted octanol–water partition coefficient (Wildman–Crippen LogP) is 2.85. The smallest absolute Gasteiger partial charge is 0.0703 e. The first kappa shape index (κ1) is 12.2. The van der Waals surface area contributed by atoms with Crippen molar-refractivity contribution in [2.45, 2.75) is 26.8 Å². The molecule has 0 saturated carbocycles. The summed E-state index contributed by atoms with van der Waals surface area (Å²) in [5, 5.41) is 7.41. The quantitative estimate of drug-likeness (QED) is 0.902. The molecule has 1 heterocycles. The van der Waals surface area contributed by atoms with E-state index in [2.05, 4.69) is 53.9 Å². The lowest BCUT2D eigenvalue weighted by molar-refractivity contribution is 0.638. The number of aromatic nitrogens is 2. The Morgan fingerprint density at radius 2 is 1.94 bits per heavy atom. The van der Waals surface area contributed by atoms with Crippen molar-refractivity contribution < 1.29 is 0 Å². The molecule has 0 aliphatic heterocycles. The van der Waals surface area contributed by atoms with Crippen molar-refractivity contribution in [2.75, 3.05) is 6.54 Å². The molecule has 90 valence electrons. The number of nitrogens with one attached hydrogen (secondary N) is 1. The van der Waals surface area contributed by atoms with Crippen molar-refractivity contribution >= 4 is 11.5 Å². The van der Waals surface area contributed by atoms with Gasteiger partial charge in [0.1, 0.15) is 0 Å². The molecule has 3 nitrogen and oxygen atoms in total. The van der Waals surface area contributed by atoms with E-state index in [9.17, 15) is 0 Å². The van der Waals surface area contributed by atoms with Crippen LogP contribution in [-0.2, 0) is 0 Å². The van der Waals surface area contributed by atoms with Crippen molar-refractivity contribution in [2.24, 2.45) is 0 Å². The number of hydrogen-bond acceptors (Lipinski definition) is 4. The number of benzene rings is 1. The highest BCUT2D eigenvalue weighted by Gasteiger charge is 2.15. The van der Waals surface area contributed by atoms with Crippen molar-refractivity contribution in [1.29, 1.82) is 0 Å². The van der Waals surface area contributed by atoms with Crippen molar-refractivity contribution in [3.05, 3.63) is 46.0 Å². The SMILES string of the molecule is CCNC(c1cc(C)cc(C)c1)c1cnns1. The molecule has 0 bridgehead atoms. The van der Waals surface area contributed by atoms with E-state index >= 15 is 0 Å². The fourth-order valence-electron chi connectivity index (χ4n) is 2.07. The average Bonchev–Trinajstić information content (AvgIpc) is 2.77. The van der Waals surface area contributed by atoms with E-state index < -0.39 is 0 Å². The molecule has 2 rings (SSSR count). The first-order chi connectivity index (χ1) is 8.20. The first-order valence-corrected chi connectivity index (χ1v) is 6.57. The molecule has 1 aromatic carbocycles. The summed E-state index contributed by atoms with van der Waals surface area (Å²) >= 11 is 1.45. The van der Waals surface area contributed by atoms with Gasteiger partial charge in [-0.15, -0.1) is 5.10 Å². The maximum atomic E-state index is 3.95. The Morgan fingerprint density at radius 3 is 2.47 bits per heavy atom. The molecule has 0 aliphatic rings. The number of nitrogens with zero attached hydrogens (tertiary/aromatic N) is 2. The molecule has 0 fully saturated rings. The van der Waals surface area contributed by atoms with Crippen LogP contribution in [0, 0.1) is 13.8 Å². The molecule has 17 heavy (non-hydrogen) atoms. The third kappa shape index (κ3) is 2.90. The first-order valence-electron chi connectivity index (χ1n) is 5.79. The van der Waals surface area contributed by atoms with Crippen LogP contribution in [0.25, 0.3) is 0 Å². The standard InChI is InChI=1S/C13H17N3S/c1-4-14-13(12-8-15-16-17-12)11-6-9(2)5-10(3)7-11/h5-8,13-14H,4H2,1-3H3. The normalized spacial score (nSPS) is 12.6. The van der Waals surface area contributed by atoms with Crippen LogP contribution in [0.4, 0.5) is 0 Å². The predicted molar refractivity (Wildman–Crippen MR) is 71.3 cm³/mol. The lowest BCUT2D eigenvalue weighted by atomic mass is 10.0. The highest BCUT2D eigenvalue weighted by Crippen LogP contribution is 2.25. The second-order valence-electron chi connectivity index (χ2n) is 4.23. The summed E-state index contributed by atoms with van der Waals surface area (Å²) in [4.78, 5) is 1.16. The maximum absolute atomic E-state index is 3.95. The summed E-state index contributed by atoms with van der Waals surface area (Å²) in [5.74, 6) is 0. The number of hydrogen-bond donors (Lipinski definition) is 1. The van der Waals surface area contributed by atoms with Gasteiger partial charge in [-0.1, -0.05) is 40.7 Å². The van der Waals surface area contributed by atoms with Crippen LogP contribution < -0.4 is 5.32 Å². The maximum Gasteiger partial charge on any atom is 0.0703 e. The summed E-state index contributed by atoms with van der Waals surface area (Å²) in [6.45, 7) is 7.30. The van der Waals surface area contributed by atoms with E-state index in [-0.39, 0.29) is 6.04 Å². The molecular formula is C13H17N3S. The molecule has 0 spiro atoms. The molecule has 0 amide bonds. The monoisotopic (exact) mass is 247 g/mol. The van der Waals surface area contributed by atoms with E-state index in [1.54, 1.807) is 0 Å². The van der Waals surface area contributed by atoms with Crippen LogP contribution in [0.1, 0.15) is 34.5 Å². The van der Waals surface area contributed by atoms with E-state index in [1.807, 2.05) is 6.20 Å². The fraction of sp³-hybridized carbons (Fsp3) is 0.385. The molecule has 4 heteroatoms. The van der Waals surface area contributed by atoms with Gasteiger partial charge in [0.05, 0.1) is 17.1 Å². The van der Waals surface area contributed by atoms with E-state index in [1.165, 1.54) is 28.2 Å². The highest BCUT2D eigenvalue weighted by atomic mass is 32.1. The Hall–Kier alpha value is -1.26. The van der Waals surface area contributed by atoms with E-state index in [0.717, 1.165) is 11.4 Å². The fourth-order valence-corrected chi connectivity index (χ4v) is 2.67. The van der Waals surface area contributed by atoms with Gasteiger partial charge in [-0.25, -0.2) is 0 Å². The number of aryl methyl sites for hydroxylation is 2. The largest absolute Gasteiger partial charge is 0.306 e. The highest BCUT2D eigenvalue weighted by molar-refractivity contribution is 7.05. The van der Waals surface area contributed by atoms with Crippen molar-refractivity contribution in [3.63, 3.8) is 0 Å². The Kier molecular flexibility index (Phi) is 3.86. The van der Waals surface area contributed by atoms with Crippen molar-refractivity contribution in [1.82, 2.24) is 14.9 Å². The molecule has 1 N–H and O–H groups in total. The summed E-state index contributed by atoms with van der Waals surface area (Å²) in [6, 6.07) is 6.84. The van der Waals surface area contributed by atoms with Gasteiger partial charge in [-0.3, -0.25) is 0 Å². The molecule has 1 aromatic heterocycles. The van der Waals surface area contributed by atoms with Gasteiger partial charge in [0.2, 0.25) is 0 Å². The van der Waals surface area contributed by atoms with E-state index in [4.69, 9.17) is 0 Å². The molecule has 2 aromatic rings. The topological polar surface area (TPSA) is 37.8 Å². The van der Waals surface area contributed by atoms with Gasteiger partial charge in [0, 0.05) is 0 Å². The zero-order valence-electron chi connectivity index (χ0n) is 10.4. The molecule has 1 unspecified atom stereocenters. The molecule has 0 saturated heterocycles. The van der Waals surface area contributed by atoms with Gasteiger partial charge in [0.25, 0.3) is 0 Å². The zero-order chi connectivity index (χ0) is 12.3. The Balaban J connectivity index is 2.38. The van der Waals surface area contributed by atoms with Crippen LogP contribution in [0.5, 0.6) is 0 Å². The molecule has 0 radical (unpaired) electrons. The molecule has 1 atom stereocenters. The minimum atomic E-state index is 0.207. The van der Waals surface area contributed by atoms with Crippen LogP contribution in [0.15, 0.2) is 24.4 Å². The lowest BCUT2D eigenvalue weighted by Crippen LogP contribution is -2.21. The Labute approximate surface area is 106 Å². The Bertz CT molecular complexity index is 459. The van der Waals surface area contributed by atoms with E-state index in [0.29, 0.717) is 0 Å². The zero-order valence-corrected chi connectivity index (χ0v) is 11.2. The lowest BCUT2D eigenvalue weighted by Gasteiger charge is -2.17. The van der Waals surface area contributed by atoms with Gasteiger partial charge >= 0.3 is 0 Å².